The molecule has 0 saturated heterocycles. The Labute approximate surface area is 168 Å². The Hall–Kier alpha value is -3.32. The van der Waals surface area contributed by atoms with Crippen LogP contribution in [-0.4, -0.2) is 24.2 Å². The Kier molecular flexibility index (Phi) is 7.03. The van der Waals surface area contributed by atoms with Crippen molar-refractivity contribution in [3.63, 3.8) is 0 Å². The lowest BCUT2D eigenvalue weighted by molar-refractivity contribution is 0.0976. The van der Waals surface area contributed by atoms with E-state index >= 15 is 0 Å². The second-order valence-corrected chi connectivity index (χ2v) is 6.16. The van der Waals surface area contributed by atoms with Crippen LogP contribution in [0.3, 0.4) is 0 Å². The number of carbonyl (C=O) groups is 1. The van der Waals surface area contributed by atoms with Gasteiger partial charge in [0.05, 0.1) is 12.8 Å². The summed E-state index contributed by atoms with van der Waals surface area (Å²) in [7, 11) is 0. The number of hydrogen-bond donors (Lipinski definition) is 2. The highest BCUT2D eigenvalue weighted by Gasteiger charge is 2.09. The molecule has 0 fully saturated rings. The molecule has 2 aromatic carbocycles. The number of amides is 1. The van der Waals surface area contributed by atoms with E-state index in [1.807, 2.05) is 36.4 Å². The average molecular weight is 396 g/mol. The largest absolute Gasteiger partial charge is 0.490 e. The highest BCUT2D eigenvalue weighted by molar-refractivity contribution is 7.80. The molecular formula is C21H20N2O4S. The van der Waals surface area contributed by atoms with E-state index in [0.717, 1.165) is 11.5 Å². The second kappa shape index (κ2) is 10.1. The summed E-state index contributed by atoms with van der Waals surface area (Å²) in [5.74, 6) is 1.78. The summed E-state index contributed by atoms with van der Waals surface area (Å²) in [6.45, 7) is 1.17. The van der Waals surface area contributed by atoms with Gasteiger partial charge in [-0.25, -0.2) is 0 Å². The lowest BCUT2D eigenvalue weighted by Crippen LogP contribution is -2.38. The fourth-order valence-electron chi connectivity index (χ4n) is 2.36. The van der Waals surface area contributed by atoms with Gasteiger partial charge in [0.1, 0.15) is 30.5 Å². The van der Waals surface area contributed by atoms with Crippen LogP contribution >= 0.6 is 12.2 Å². The Balaban J connectivity index is 1.43. The van der Waals surface area contributed by atoms with E-state index in [-0.39, 0.29) is 11.0 Å². The first-order chi connectivity index (χ1) is 13.7. The monoisotopic (exact) mass is 396 g/mol. The molecule has 1 aromatic heterocycles. The first-order valence-electron chi connectivity index (χ1n) is 8.73. The predicted octanol–water partition coefficient (Wildman–Crippen LogP) is 3.54. The van der Waals surface area contributed by atoms with Gasteiger partial charge in [-0.05, 0) is 54.7 Å². The first-order valence-corrected chi connectivity index (χ1v) is 9.14. The fraction of sp³-hybridized carbons (Fsp3) is 0.143. The fourth-order valence-corrected chi connectivity index (χ4v) is 2.53. The van der Waals surface area contributed by atoms with Crippen LogP contribution in [-0.2, 0) is 6.54 Å². The third kappa shape index (κ3) is 6.14. The van der Waals surface area contributed by atoms with Crippen molar-refractivity contribution in [3.8, 4) is 11.5 Å². The number of nitrogens with one attached hydrogen (secondary N) is 2. The maximum Gasteiger partial charge on any atom is 0.257 e. The molecule has 6 nitrogen and oxygen atoms in total. The Bertz CT molecular complexity index is 898. The van der Waals surface area contributed by atoms with Gasteiger partial charge in [-0.3, -0.25) is 10.1 Å². The standard InChI is InChI=1S/C21H20N2O4S/c24-20(23-21(28)22-15-19-10-5-11-25-19)16-6-4-9-18(14-16)27-13-12-26-17-7-2-1-3-8-17/h1-11,14H,12-13,15H2,(H2,22,23,24,28). The van der Waals surface area contributed by atoms with Crippen molar-refractivity contribution in [2.45, 2.75) is 6.54 Å². The van der Waals surface area contributed by atoms with Gasteiger partial charge in [-0.1, -0.05) is 24.3 Å². The molecule has 2 N–H and O–H groups in total. The van der Waals surface area contributed by atoms with E-state index in [1.165, 1.54) is 0 Å². The minimum Gasteiger partial charge on any atom is -0.490 e. The lowest BCUT2D eigenvalue weighted by atomic mass is 10.2. The number of ether oxygens (including phenoxy) is 2. The summed E-state index contributed by atoms with van der Waals surface area (Å²) in [6, 6.07) is 20.0. The molecule has 144 valence electrons. The normalized spacial score (nSPS) is 10.1. The molecule has 0 unspecified atom stereocenters. The number of rotatable bonds is 8. The molecular weight excluding hydrogens is 376 g/mol. The Morgan fingerprint density at radius 2 is 1.68 bits per heavy atom. The van der Waals surface area contributed by atoms with E-state index < -0.39 is 0 Å². The number of hydrogen-bond acceptors (Lipinski definition) is 5. The van der Waals surface area contributed by atoms with Gasteiger partial charge in [0.25, 0.3) is 5.91 Å². The van der Waals surface area contributed by atoms with Gasteiger partial charge in [-0.2, -0.15) is 0 Å². The molecule has 0 bridgehead atoms. The Morgan fingerprint density at radius 3 is 2.43 bits per heavy atom. The van der Waals surface area contributed by atoms with Crippen LogP contribution in [0.1, 0.15) is 16.1 Å². The molecule has 0 spiro atoms. The van der Waals surface area contributed by atoms with Crippen molar-refractivity contribution in [2.24, 2.45) is 0 Å². The quantitative estimate of drug-likeness (QED) is 0.448. The minimum absolute atomic E-state index is 0.226. The van der Waals surface area contributed by atoms with Gasteiger partial charge in [-0.15, -0.1) is 0 Å². The van der Waals surface area contributed by atoms with Crippen molar-refractivity contribution in [2.75, 3.05) is 13.2 Å². The Morgan fingerprint density at radius 1 is 0.929 bits per heavy atom. The van der Waals surface area contributed by atoms with Crippen molar-refractivity contribution < 1.29 is 18.7 Å². The van der Waals surface area contributed by atoms with Crippen molar-refractivity contribution in [3.05, 3.63) is 84.3 Å². The van der Waals surface area contributed by atoms with Crippen LogP contribution in [0.2, 0.25) is 0 Å². The number of thiocarbonyl (C=S) groups is 1. The summed E-state index contributed by atoms with van der Waals surface area (Å²) in [5, 5.41) is 5.78. The van der Waals surface area contributed by atoms with E-state index in [9.17, 15) is 4.79 Å². The van der Waals surface area contributed by atoms with Crippen LogP contribution in [0.15, 0.2) is 77.4 Å². The van der Waals surface area contributed by atoms with Crippen molar-refractivity contribution in [1.29, 1.82) is 0 Å². The van der Waals surface area contributed by atoms with Gasteiger partial charge >= 0.3 is 0 Å². The van der Waals surface area contributed by atoms with E-state index in [2.05, 4.69) is 10.6 Å². The van der Waals surface area contributed by atoms with Gasteiger partial charge in [0.2, 0.25) is 0 Å². The zero-order valence-corrected chi connectivity index (χ0v) is 15.9. The maximum absolute atomic E-state index is 12.3. The first kappa shape index (κ1) is 19.4. The summed E-state index contributed by atoms with van der Waals surface area (Å²) in [6.07, 6.45) is 1.58. The molecule has 0 aliphatic carbocycles. The summed E-state index contributed by atoms with van der Waals surface area (Å²) < 4.78 is 16.4. The summed E-state index contributed by atoms with van der Waals surface area (Å²) >= 11 is 5.14. The van der Waals surface area contributed by atoms with Crippen LogP contribution < -0.4 is 20.1 Å². The molecule has 28 heavy (non-hydrogen) atoms. The van der Waals surface area contributed by atoms with Gasteiger partial charge in [0, 0.05) is 5.56 Å². The molecule has 0 aliphatic heterocycles. The number of carbonyl (C=O) groups excluding carboxylic acids is 1. The van der Waals surface area contributed by atoms with Crippen LogP contribution in [0.5, 0.6) is 11.5 Å². The third-order valence-electron chi connectivity index (χ3n) is 3.69. The molecule has 0 saturated carbocycles. The van der Waals surface area contributed by atoms with Gasteiger partial charge < -0.3 is 19.2 Å². The van der Waals surface area contributed by atoms with E-state index in [4.69, 9.17) is 26.1 Å². The number of benzene rings is 2. The average Bonchev–Trinajstić information content (AvgIpc) is 3.24. The second-order valence-electron chi connectivity index (χ2n) is 5.75. The van der Waals surface area contributed by atoms with Gasteiger partial charge in [0.15, 0.2) is 5.11 Å². The van der Waals surface area contributed by atoms with Crippen molar-refractivity contribution >= 4 is 23.2 Å². The molecule has 0 aliphatic rings. The summed E-state index contributed by atoms with van der Waals surface area (Å²) in [4.78, 5) is 12.3. The minimum atomic E-state index is -0.317. The number of furan rings is 1. The molecule has 7 heteroatoms. The predicted molar refractivity (Wildman–Crippen MR) is 109 cm³/mol. The topological polar surface area (TPSA) is 72.7 Å². The zero-order chi connectivity index (χ0) is 19.6. The molecule has 3 aromatic rings. The zero-order valence-electron chi connectivity index (χ0n) is 15.1. The van der Waals surface area contributed by atoms with Crippen LogP contribution in [0, 0.1) is 0 Å². The van der Waals surface area contributed by atoms with Crippen LogP contribution in [0.25, 0.3) is 0 Å². The van der Waals surface area contributed by atoms with E-state index in [0.29, 0.717) is 31.1 Å². The van der Waals surface area contributed by atoms with Crippen molar-refractivity contribution in [1.82, 2.24) is 10.6 Å². The number of para-hydroxylation sites is 1. The smallest absolute Gasteiger partial charge is 0.257 e. The summed E-state index contributed by atoms with van der Waals surface area (Å²) in [5.41, 5.74) is 0.448. The SMILES string of the molecule is O=C(NC(=S)NCc1ccco1)c1cccc(OCCOc2ccccc2)c1. The highest BCUT2D eigenvalue weighted by atomic mass is 32.1. The third-order valence-corrected chi connectivity index (χ3v) is 3.94. The lowest BCUT2D eigenvalue weighted by Gasteiger charge is -2.11. The molecule has 3 rings (SSSR count). The molecule has 0 atom stereocenters. The maximum atomic E-state index is 12.3. The molecule has 0 radical (unpaired) electrons. The highest BCUT2D eigenvalue weighted by Crippen LogP contribution is 2.14. The van der Waals surface area contributed by atoms with E-state index in [1.54, 1.807) is 36.6 Å². The molecule has 1 heterocycles. The molecule has 1 amide bonds. The van der Waals surface area contributed by atoms with Crippen LogP contribution in [0.4, 0.5) is 0 Å².